The largest absolute Gasteiger partial charge is 0.497 e. The molecule has 2 aliphatic rings. The highest BCUT2D eigenvalue weighted by atomic mass is 16.7. The monoisotopic (exact) mass is 338 g/mol. The molecule has 4 rings (SSSR count). The van der Waals surface area contributed by atoms with E-state index < -0.39 is 0 Å². The number of aryl methyl sites for hydroxylation is 1. The summed E-state index contributed by atoms with van der Waals surface area (Å²) in [6.07, 6.45) is 3.40. The number of allylic oxidation sites excluding steroid dienone is 1. The number of hydrogen-bond donors (Lipinski definition) is 0. The van der Waals surface area contributed by atoms with Gasteiger partial charge in [0.25, 0.3) is 0 Å². The summed E-state index contributed by atoms with van der Waals surface area (Å²) in [7, 11) is 3.22. The normalized spacial score (nSPS) is 16.7. The van der Waals surface area contributed by atoms with Gasteiger partial charge in [-0.1, -0.05) is 0 Å². The Morgan fingerprint density at radius 1 is 1.04 bits per heavy atom. The number of carbonyl (C=O) groups excluding carboxylic acids is 1. The van der Waals surface area contributed by atoms with Crippen LogP contribution in [0.25, 0.3) is 6.08 Å². The first-order valence-corrected chi connectivity index (χ1v) is 8.09. The highest BCUT2D eigenvalue weighted by Crippen LogP contribution is 2.42. The van der Waals surface area contributed by atoms with E-state index in [-0.39, 0.29) is 12.6 Å². The average Bonchev–Trinajstić information content (AvgIpc) is 3.11. The van der Waals surface area contributed by atoms with E-state index in [2.05, 4.69) is 0 Å². The molecular weight excluding hydrogens is 320 g/mol. The zero-order valence-electron chi connectivity index (χ0n) is 14.1. The predicted octanol–water partition coefficient (Wildman–Crippen LogP) is 3.65. The second kappa shape index (κ2) is 6.16. The maximum absolute atomic E-state index is 12.8. The first kappa shape index (κ1) is 15.6. The quantitative estimate of drug-likeness (QED) is 0.800. The van der Waals surface area contributed by atoms with Gasteiger partial charge in [-0.15, -0.1) is 0 Å². The number of carbonyl (C=O) groups is 1. The van der Waals surface area contributed by atoms with E-state index in [0.29, 0.717) is 23.7 Å². The van der Waals surface area contributed by atoms with Gasteiger partial charge < -0.3 is 18.9 Å². The fraction of sp³-hybridized carbons (Fsp3) is 0.250. The number of ketones is 1. The number of benzene rings is 2. The Morgan fingerprint density at radius 3 is 2.72 bits per heavy atom. The van der Waals surface area contributed by atoms with Gasteiger partial charge in [-0.2, -0.15) is 0 Å². The van der Waals surface area contributed by atoms with Gasteiger partial charge in [-0.05, 0) is 60.4 Å². The summed E-state index contributed by atoms with van der Waals surface area (Å²) < 4.78 is 21.5. The summed E-state index contributed by atoms with van der Waals surface area (Å²) in [5, 5.41) is 0. The molecule has 1 heterocycles. The topological polar surface area (TPSA) is 54.0 Å². The van der Waals surface area contributed by atoms with Crippen LogP contribution in [0.3, 0.4) is 0 Å². The van der Waals surface area contributed by atoms with E-state index in [0.717, 1.165) is 34.4 Å². The Hall–Kier alpha value is -2.95. The maximum atomic E-state index is 12.8. The van der Waals surface area contributed by atoms with Crippen molar-refractivity contribution in [2.75, 3.05) is 21.0 Å². The number of ether oxygens (including phenoxy) is 4. The molecule has 0 radical (unpaired) electrons. The van der Waals surface area contributed by atoms with Crippen LogP contribution in [0.1, 0.15) is 27.9 Å². The lowest BCUT2D eigenvalue weighted by Crippen LogP contribution is -2.14. The van der Waals surface area contributed by atoms with Gasteiger partial charge >= 0.3 is 0 Å². The van der Waals surface area contributed by atoms with E-state index in [9.17, 15) is 4.79 Å². The molecular formula is C20H18O5. The third-order valence-electron chi connectivity index (χ3n) is 4.53. The first-order valence-electron chi connectivity index (χ1n) is 8.09. The van der Waals surface area contributed by atoms with Crippen molar-refractivity contribution in [1.29, 1.82) is 0 Å². The van der Waals surface area contributed by atoms with Crippen molar-refractivity contribution in [2.24, 2.45) is 0 Å². The van der Waals surface area contributed by atoms with E-state index in [4.69, 9.17) is 18.9 Å². The Bertz CT molecular complexity index is 882. The summed E-state index contributed by atoms with van der Waals surface area (Å²) in [6, 6.07) is 9.33. The number of hydrogen-bond acceptors (Lipinski definition) is 5. The first-order chi connectivity index (χ1) is 12.2. The van der Waals surface area contributed by atoms with Crippen molar-refractivity contribution in [3.8, 4) is 23.0 Å². The minimum Gasteiger partial charge on any atom is -0.497 e. The fourth-order valence-corrected chi connectivity index (χ4v) is 3.25. The minimum atomic E-state index is 0.0561. The maximum Gasteiger partial charge on any atom is 0.231 e. The Kier molecular flexibility index (Phi) is 3.84. The molecule has 0 amide bonds. The highest BCUT2D eigenvalue weighted by molar-refractivity contribution is 6.13. The highest BCUT2D eigenvalue weighted by Gasteiger charge is 2.24. The van der Waals surface area contributed by atoms with Gasteiger partial charge in [0.2, 0.25) is 12.5 Å². The summed E-state index contributed by atoms with van der Waals surface area (Å²) in [5.74, 6) is 2.69. The molecule has 0 bridgehead atoms. The van der Waals surface area contributed by atoms with Crippen LogP contribution in [0, 0.1) is 0 Å². The van der Waals surface area contributed by atoms with Gasteiger partial charge in [-0.25, -0.2) is 0 Å². The lowest BCUT2D eigenvalue weighted by molar-refractivity contribution is 0.102. The van der Waals surface area contributed by atoms with Crippen molar-refractivity contribution < 1.29 is 23.7 Å². The van der Waals surface area contributed by atoms with Crippen molar-refractivity contribution in [3.63, 3.8) is 0 Å². The molecule has 1 aliphatic carbocycles. The third-order valence-corrected chi connectivity index (χ3v) is 4.53. The molecule has 0 saturated heterocycles. The molecule has 0 atom stereocenters. The summed E-state index contributed by atoms with van der Waals surface area (Å²) >= 11 is 0. The van der Waals surface area contributed by atoms with Crippen molar-refractivity contribution in [2.45, 2.75) is 12.8 Å². The molecule has 0 aromatic heterocycles. The second-order valence-electron chi connectivity index (χ2n) is 5.98. The number of fused-ring (bicyclic) bond motifs is 2. The molecule has 2 aromatic carbocycles. The number of methoxy groups -OCH3 is 2. The molecule has 1 aliphatic heterocycles. The lowest BCUT2D eigenvalue weighted by atomic mass is 9.86. The zero-order valence-corrected chi connectivity index (χ0v) is 14.1. The van der Waals surface area contributed by atoms with Crippen molar-refractivity contribution in [1.82, 2.24) is 0 Å². The zero-order chi connectivity index (χ0) is 17.4. The molecule has 25 heavy (non-hydrogen) atoms. The van der Waals surface area contributed by atoms with Gasteiger partial charge in [0.05, 0.1) is 14.2 Å². The number of rotatable bonds is 3. The molecule has 0 spiro atoms. The van der Waals surface area contributed by atoms with Crippen LogP contribution < -0.4 is 18.9 Å². The fourth-order valence-electron chi connectivity index (χ4n) is 3.25. The van der Waals surface area contributed by atoms with E-state index >= 15 is 0 Å². The van der Waals surface area contributed by atoms with Gasteiger partial charge in [0.1, 0.15) is 5.75 Å². The van der Waals surface area contributed by atoms with Crippen LogP contribution in [0.15, 0.2) is 35.9 Å². The van der Waals surface area contributed by atoms with Gasteiger partial charge in [0.15, 0.2) is 17.3 Å². The van der Waals surface area contributed by atoms with Crippen LogP contribution >= 0.6 is 0 Å². The van der Waals surface area contributed by atoms with E-state index in [1.807, 2.05) is 36.4 Å². The van der Waals surface area contributed by atoms with Crippen molar-refractivity contribution in [3.05, 3.63) is 52.6 Å². The molecule has 2 aromatic rings. The second-order valence-corrected chi connectivity index (χ2v) is 5.98. The Balaban J connectivity index is 1.70. The molecule has 0 N–H and O–H groups in total. The van der Waals surface area contributed by atoms with Crippen molar-refractivity contribution >= 4 is 11.9 Å². The van der Waals surface area contributed by atoms with Crippen LogP contribution in [-0.4, -0.2) is 26.8 Å². The molecule has 5 heteroatoms. The molecule has 0 saturated carbocycles. The standard InChI is InChI=1S/C20H18O5/c1-22-15-5-6-16-13(10-15)3-4-14(19(16)21)7-12-8-17(23-2)20-18(9-12)24-11-25-20/h5-10H,3-4,11H2,1-2H3/b14-7+. The Labute approximate surface area is 145 Å². The summed E-state index contributed by atoms with van der Waals surface area (Å²) in [4.78, 5) is 12.8. The van der Waals surface area contributed by atoms with E-state index in [1.54, 1.807) is 14.2 Å². The molecule has 0 unspecified atom stereocenters. The van der Waals surface area contributed by atoms with Crippen LogP contribution in [0.2, 0.25) is 0 Å². The number of Topliss-reactive ketones (excluding diaryl/α,β-unsaturated/α-hetero) is 1. The molecule has 5 nitrogen and oxygen atoms in total. The molecule has 0 fully saturated rings. The Morgan fingerprint density at radius 2 is 1.92 bits per heavy atom. The smallest absolute Gasteiger partial charge is 0.231 e. The van der Waals surface area contributed by atoms with Gasteiger partial charge in [-0.3, -0.25) is 4.79 Å². The minimum absolute atomic E-state index is 0.0561. The van der Waals surface area contributed by atoms with Crippen LogP contribution in [-0.2, 0) is 6.42 Å². The average molecular weight is 338 g/mol. The predicted molar refractivity (Wildman–Crippen MR) is 92.7 cm³/mol. The summed E-state index contributed by atoms with van der Waals surface area (Å²) in [5.41, 5.74) is 3.41. The van der Waals surface area contributed by atoms with Crippen LogP contribution in [0.5, 0.6) is 23.0 Å². The molecule has 128 valence electrons. The van der Waals surface area contributed by atoms with Gasteiger partial charge in [0, 0.05) is 11.1 Å². The third kappa shape index (κ3) is 2.71. The van der Waals surface area contributed by atoms with E-state index in [1.165, 1.54) is 0 Å². The lowest BCUT2D eigenvalue weighted by Gasteiger charge is -2.18. The van der Waals surface area contributed by atoms with Crippen LogP contribution in [0.4, 0.5) is 0 Å². The SMILES string of the molecule is COc1ccc2c(c1)CC/C(=C\c1cc(OC)c3c(c1)OCO3)C2=O. The summed E-state index contributed by atoms with van der Waals surface area (Å²) in [6.45, 7) is 0.180.